The van der Waals surface area contributed by atoms with Crippen molar-refractivity contribution in [3.8, 4) is 0 Å². The number of hydrogen-bond acceptors (Lipinski definition) is 18. The van der Waals surface area contributed by atoms with E-state index >= 15 is 0 Å². The molecule has 1 aliphatic heterocycles. The van der Waals surface area contributed by atoms with Crippen molar-refractivity contribution in [1.82, 2.24) is 20.5 Å². The number of aliphatic hydroxyl groups is 8. The van der Waals surface area contributed by atoms with E-state index in [9.17, 15) is 60.0 Å². The summed E-state index contributed by atoms with van der Waals surface area (Å²) >= 11 is 0. The number of esters is 1. The Morgan fingerprint density at radius 1 is 0.901 bits per heavy atom. The highest BCUT2D eigenvalue weighted by Gasteiger charge is 2.59. The molecular weight excluding hydrogens is 1050 g/mol. The number of rotatable bonds is 29. The van der Waals surface area contributed by atoms with E-state index in [1.807, 2.05) is 24.3 Å². The average molecular weight is 1140 g/mol. The molecule has 5 aliphatic rings. The summed E-state index contributed by atoms with van der Waals surface area (Å²) in [4.78, 5) is 57.3. The molecule has 1 aromatic carbocycles. The molecule has 1 saturated heterocycles. The maximum absolute atomic E-state index is 13.6. The lowest BCUT2D eigenvalue weighted by atomic mass is 9.47. The molecule has 22 heteroatoms. The Balaban J connectivity index is 0.900. The maximum Gasteiger partial charge on any atom is 0.325 e. The number of nitrogens with zero attached hydrogens (tertiary/aromatic N) is 1. The minimum atomic E-state index is -2.35. The number of nitrogens with one attached hydrogen (secondary N) is 3. The number of fused-ring (bicyclic) bond motifs is 6. The van der Waals surface area contributed by atoms with Gasteiger partial charge in [-0.25, -0.2) is 0 Å². The maximum atomic E-state index is 13.6. The molecule has 0 radical (unpaired) electrons. The van der Waals surface area contributed by atoms with Crippen LogP contribution in [0.4, 0.5) is 0 Å². The third kappa shape index (κ3) is 15.4. The van der Waals surface area contributed by atoms with Crippen LogP contribution in [0, 0.1) is 46.3 Å². The number of nitrogens with two attached hydrogens (primary N) is 1. The van der Waals surface area contributed by atoms with Crippen molar-refractivity contribution in [2.75, 3.05) is 59.4 Å². The molecule has 18 atom stereocenters. The van der Waals surface area contributed by atoms with E-state index in [1.165, 1.54) is 55.4 Å². The smallest absolute Gasteiger partial charge is 0.325 e. The van der Waals surface area contributed by atoms with E-state index in [2.05, 4.69) is 56.3 Å². The Morgan fingerprint density at radius 3 is 2.37 bits per heavy atom. The zero-order chi connectivity index (χ0) is 58.8. The predicted molar refractivity (Wildman–Crippen MR) is 296 cm³/mol. The van der Waals surface area contributed by atoms with Crippen LogP contribution in [0.15, 0.2) is 42.1 Å². The van der Waals surface area contributed by atoms with Gasteiger partial charge in [0.1, 0.15) is 62.0 Å². The van der Waals surface area contributed by atoms with Crippen LogP contribution < -0.4 is 16.4 Å². The summed E-state index contributed by atoms with van der Waals surface area (Å²) in [5.41, 5.74) is 9.83. The summed E-state index contributed by atoms with van der Waals surface area (Å²) < 4.78 is 27.6. The van der Waals surface area contributed by atoms with Gasteiger partial charge < -0.3 is 90.8 Å². The van der Waals surface area contributed by atoms with Gasteiger partial charge in [0.15, 0.2) is 19.2 Å². The summed E-state index contributed by atoms with van der Waals surface area (Å²) in [5.74, 6) is 1.41. The Kier molecular flexibility index (Phi) is 23.1. The van der Waals surface area contributed by atoms with E-state index < -0.39 is 111 Å². The number of hydrogen-bond donors (Lipinski definition) is 12. The number of allylic oxidation sites excluding steroid dienone is 1. The van der Waals surface area contributed by atoms with Crippen molar-refractivity contribution >= 4 is 34.6 Å². The second-order valence-electron chi connectivity index (χ2n) is 24.6. The number of amides is 3. The van der Waals surface area contributed by atoms with Gasteiger partial charge in [0, 0.05) is 49.7 Å². The minimum Gasteiger partial charge on any atom is -0.437 e. The first kappa shape index (κ1) is 64.4. The van der Waals surface area contributed by atoms with Crippen molar-refractivity contribution in [2.45, 2.75) is 179 Å². The highest BCUT2D eigenvalue weighted by atomic mass is 16.7. The van der Waals surface area contributed by atoms with Crippen molar-refractivity contribution in [3.05, 3.63) is 47.7 Å². The second kappa shape index (κ2) is 29.1. The van der Waals surface area contributed by atoms with Gasteiger partial charge in [-0.15, -0.1) is 0 Å². The highest BCUT2D eigenvalue weighted by molar-refractivity contribution is 5.85. The molecule has 13 N–H and O–H groups in total. The van der Waals surface area contributed by atoms with E-state index in [-0.39, 0.29) is 50.7 Å². The fourth-order valence-corrected chi connectivity index (χ4v) is 14.4. The normalized spacial score (nSPS) is 31.4. The lowest BCUT2D eigenvalue weighted by molar-refractivity contribution is -0.326. The third-order valence-electron chi connectivity index (χ3n) is 19.0. The van der Waals surface area contributed by atoms with E-state index in [0.29, 0.717) is 17.3 Å². The number of aromatic nitrogens is 1. The van der Waals surface area contributed by atoms with Crippen molar-refractivity contribution in [3.63, 3.8) is 0 Å². The van der Waals surface area contributed by atoms with Crippen molar-refractivity contribution in [2.24, 2.45) is 52.1 Å². The van der Waals surface area contributed by atoms with E-state index in [1.54, 1.807) is 6.20 Å². The average Bonchev–Trinajstić information content (AvgIpc) is 3.57. The van der Waals surface area contributed by atoms with Crippen LogP contribution in [-0.2, 0) is 49.3 Å². The van der Waals surface area contributed by atoms with Gasteiger partial charge in [-0.05, 0) is 109 Å². The fourth-order valence-electron chi connectivity index (χ4n) is 14.4. The summed E-state index contributed by atoms with van der Waals surface area (Å²) in [6.45, 7) is 8.27. The minimum absolute atomic E-state index is 0.0362. The number of benzene rings is 1. The Bertz CT molecular complexity index is 2410. The van der Waals surface area contributed by atoms with Crippen molar-refractivity contribution in [1.29, 1.82) is 0 Å². The second-order valence-corrected chi connectivity index (χ2v) is 24.6. The largest absolute Gasteiger partial charge is 0.437 e. The fraction of sp³-hybridized carbons (Fsp3) is 0.763. The molecular formula is C59H93N5O17. The predicted octanol–water partition coefficient (Wildman–Crippen LogP) is 1.30. The first-order valence-corrected chi connectivity index (χ1v) is 29.4. The first-order chi connectivity index (χ1) is 38.6. The van der Waals surface area contributed by atoms with Crippen molar-refractivity contribution < 1.29 is 83.7 Å². The topological polar surface area (TPSA) is 345 Å². The molecule has 4 fully saturated rings. The number of aliphatic hydroxyl groups excluding tert-OH is 8. The molecule has 0 spiro atoms. The summed E-state index contributed by atoms with van der Waals surface area (Å²) in [5, 5.41) is 88.5. The molecule has 7 unspecified atom stereocenters. The summed E-state index contributed by atoms with van der Waals surface area (Å²) in [6, 6.07) is 6.51. The molecule has 7 rings (SSSR count). The number of H-pyrrole nitrogens is 1. The Morgan fingerprint density at radius 2 is 1.64 bits per heavy atom. The van der Waals surface area contributed by atoms with Gasteiger partial charge >= 0.3 is 5.97 Å². The van der Waals surface area contributed by atoms with Crippen LogP contribution in [0.5, 0.6) is 0 Å². The number of carbonyl (C=O) groups is 4. The highest BCUT2D eigenvalue weighted by Crippen LogP contribution is 2.67. The van der Waals surface area contributed by atoms with Crippen LogP contribution in [0.3, 0.4) is 0 Å². The number of carbonyl (C=O) groups excluding carboxylic acids is 4. The molecule has 4 aliphatic carbocycles. The molecule has 2 aromatic rings. The lowest BCUT2D eigenvalue weighted by Crippen LogP contribution is -2.62. The van der Waals surface area contributed by atoms with Crippen LogP contribution in [0.2, 0.25) is 0 Å². The zero-order valence-corrected chi connectivity index (χ0v) is 47.9. The molecule has 3 amide bonds. The molecule has 2 heterocycles. The van der Waals surface area contributed by atoms with Gasteiger partial charge in [-0.2, -0.15) is 0 Å². The quantitative estimate of drug-likeness (QED) is 0.0236. The van der Waals surface area contributed by atoms with Gasteiger partial charge in [0.05, 0.1) is 19.3 Å². The van der Waals surface area contributed by atoms with Crippen LogP contribution in [0.25, 0.3) is 10.9 Å². The van der Waals surface area contributed by atoms with Crippen LogP contribution >= 0.6 is 0 Å². The van der Waals surface area contributed by atoms with Gasteiger partial charge in [-0.1, -0.05) is 83.7 Å². The molecule has 0 bridgehead atoms. The SMILES string of the molecule is CC(C)CCC[C@@H](C)[C@H]1CC[C@H]2[C@@H]3CC=C4CC(OCC(=O)NCCN(CCNC(=O)C(O)C(O)C(O[C@@H]5OC(CO)[C@H](O)[C@H](O)C5O)C(O)CO)C(=O)COCOC(=O)[C@H](N)Cc5c[nH]c6ccccc56)CC[C@]4(C)[C@H]3CC[C@]12C. The Labute approximate surface area is 475 Å². The van der Waals surface area contributed by atoms with E-state index in [0.717, 1.165) is 65.8 Å². The molecule has 456 valence electrons. The van der Waals surface area contributed by atoms with Gasteiger partial charge in [0.2, 0.25) is 11.8 Å². The number of para-hydroxylation sites is 1. The summed E-state index contributed by atoms with van der Waals surface area (Å²) in [7, 11) is 0. The standard InChI is InChI=1S/C59H93N5O17/c1-33(2)9-8-10-34(3)40-15-16-41-39-14-13-36-26-37(17-19-58(36,4)42(39)18-20-59(40,41)5)78-30-47(68)61-21-23-64(48(69)31-77-32-79-56(76)43(60)25-35-27-63-44-12-7-6-11-38(35)44)24-22-62-55(75)52(73)51(72)54(45(67)28-65)81-57-53(74)50(71)49(70)46(29-66)80-57/h6-7,11-13,27,33-34,37,39-43,45-46,49-54,57,63,65-67,70-74H,8-10,14-26,28-32,60H2,1-5H3,(H,61,68)(H,62,75)/t34-,37?,39+,40-,41+,42+,43-,45?,46?,49+,50+,51?,52?,53?,54?,57+,58+,59-/m1/s1. The molecule has 22 nitrogen and oxygen atoms in total. The van der Waals surface area contributed by atoms with Gasteiger partial charge in [-0.3, -0.25) is 19.2 Å². The number of aromatic amines is 1. The zero-order valence-electron chi connectivity index (χ0n) is 47.9. The monoisotopic (exact) mass is 1140 g/mol. The van der Waals surface area contributed by atoms with Crippen LogP contribution in [0.1, 0.15) is 111 Å². The third-order valence-corrected chi connectivity index (χ3v) is 19.0. The molecule has 81 heavy (non-hydrogen) atoms. The Hall–Kier alpha value is -4.14. The van der Waals surface area contributed by atoms with Gasteiger partial charge in [0.25, 0.3) is 5.91 Å². The molecule has 1 aromatic heterocycles. The van der Waals surface area contributed by atoms with E-state index in [4.69, 9.17) is 29.4 Å². The first-order valence-electron chi connectivity index (χ1n) is 29.4. The number of ether oxygens (including phenoxy) is 5. The molecule has 3 saturated carbocycles. The summed E-state index contributed by atoms with van der Waals surface area (Å²) in [6.07, 6.45) is -0.391. The van der Waals surface area contributed by atoms with Crippen LogP contribution in [-0.4, -0.2) is 201 Å². The lowest BCUT2D eigenvalue weighted by Gasteiger charge is -2.58.